The van der Waals surface area contributed by atoms with Gasteiger partial charge in [-0.3, -0.25) is 0 Å². The first-order chi connectivity index (χ1) is 13.1. The highest BCUT2D eigenvalue weighted by Crippen LogP contribution is 2.36. The smallest absolute Gasteiger partial charge is 0.140 e. The summed E-state index contributed by atoms with van der Waals surface area (Å²) in [7, 11) is 1.72. The van der Waals surface area contributed by atoms with E-state index >= 15 is 0 Å². The predicted molar refractivity (Wildman–Crippen MR) is 114 cm³/mol. The second-order valence-corrected chi connectivity index (χ2v) is 8.70. The van der Waals surface area contributed by atoms with Gasteiger partial charge in [0.15, 0.2) is 0 Å². The summed E-state index contributed by atoms with van der Waals surface area (Å²) in [6.45, 7) is 4.32. The van der Waals surface area contributed by atoms with Gasteiger partial charge < -0.3 is 9.14 Å². The third-order valence-corrected chi connectivity index (χ3v) is 6.33. The molecule has 2 heterocycles. The van der Waals surface area contributed by atoms with Gasteiger partial charge in [0.1, 0.15) is 11.4 Å². The second kappa shape index (κ2) is 7.67. The summed E-state index contributed by atoms with van der Waals surface area (Å²) in [5.41, 5.74) is 7.58. The SMILES string of the molecule is COc1ccc(Cc2c(C3CCCCC3)nc3c(C)cc(Br)cn23)c(C)c1. The van der Waals surface area contributed by atoms with E-state index in [1.807, 2.05) is 0 Å². The minimum Gasteiger partial charge on any atom is -0.497 e. The molecule has 0 amide bonds. The number of pyridine rings is 1. The number of aromatic nitrogens is 2. The number of halogens is 1. The van der Waals surface area contributed by atoms with Crippen molar-refractivity contribution in [3.8, 4) is 5.75 Å². The van der Waals surface area contributed by atoms with Gasteiger partial charge in [0.05, 0.1) is 18.5 Å². The van der Waals surface area contributed by atoms with Crippen LogP contribution in [0, 0.1) is 13.8 Å². The Kier molecular flexibility index (Phi) is 5.27. The van der Waals surface area contributed by atoms with E-state index < -0.39 is 0 Å². The van der Waals surface area contributed by atoms with E-state index in [9.17, 15) is 0 Å². The third kappa shape index (κ3) is 3.64. The van der Waals surface area contributed by atoms with Crippen LogP contribution in [0.5, 0.6) is 5.75 Å². The number of methoxy groups -OCH3 is 1. The number of ether oxygens (including phenoxy) is 1. The molecule has 27 heavy (non-hydrogen) atoms. The van der Waals surface area contributed by atoms with Gasteiger partial charge in [-0.05, 0) is 77.5 Å². The Morgan fingerprint density at radius 2 is 1.89 bits per heavy atom. The van der Waals surface area contributed by atoms with Crippen LogP contribution in [0.1, 0.15) is 66.1 Å². The molecule has 1 aliphatic carbocycles. The lowest BCUT2D eigenvalue weighted by molar-refractivity contribution is 0.414. The first-order valence-corrected chi connectivity index (χ1v) is 10.7. The van der Waals surface area contributed by atoms with Gasteiger partial charge in [-0.1, -0.05) is 25.3 Å². The number of aryl methyl sites for hydroxylation is 2. The highest BCUT2D eigenvalue weighted by molar-refractivity contribution is 9.10. The Morgan fingerprint density at radius 1 is 1.11 bits per heavy atom. The molecular formula is C23H27BrN2O. The number of hydrogen-bond acceptors (Lipinski definition) is 2. The molecule has 4 heteroatoms. The maximum Gasteiger partial charge on any atom is 0.140 e. The van der Waals surface area contributed by atoms with Gasteiger partial charge in [0.2, 0.25) is 0 Å². The summed E-state index contributed by atoms with van der Waals surface area (Å²) in [5.74, 6) is 1.51. The topological polar surface area (TPSA) is 26.5 Å². The van der Waals surface area contributed by atoms with E-state index in [1.54, 1.807) is 7.11 Å². The van der Waals surface area contributed by atoms with Gasteiger partial charge in [-0.25, -0.2) is 4.98 Å². The van der Waals surface area contributed by atoms with Gasteiger partial charge in [0, 0.05) is 23.0 Å². The molecule has 0 radical (unpaired) electrons. The van der Waals surface area contributed by atoms with E-state index in [0.717, 1.165) is 22.3 Å². The first-order valence-electron chi connectivity index (χ1n) is 9.87. The summed E-state index contributed by atoms with van der Waals surface area (Å²) < 4.78 is 8.80. The summed E-state index contributed by atoms with van der Waals surface area (Å²) in [5, 5.41) is 0. The molecule has 0 spiro atoms. The Balaban J connectivity index is 1.83. The Bertz CT molecular complexity index is 970. The Hall–Kier alpha value is -1.81. The monoisotopic (exact) mass is 426 g/mol. The van der Waals surface area contributed by atoms with Crippen LogP contribution in [0.4, 0.5) is 0 Å². The summed E-state index contributed by atoms with van der Waals surface area (Å²) >= 11 is 3.68. The molecule has 1 aromatic carbocycles. The lowest BCUT2D eigenvalue weighted by Crippen LogP contribution is -2.09. The molecule has 142 valence electrons. The summed E-state index contributed by atoms with van der Waals surface area (Å²) in [6.07, 6.45) is 9.61. The molecule has 1 aliphatic rings. The first kappa shape index (κ1) is 18.5. The van der Waals surface area contributed by atoms with Crippen molar-refractivity contribution in [3.05, 3.63) is 63.0 Å². The van der Waals surface area contributed by atoms with Crippen LogP contribution in [0.3, 0.4) is 0 Å². The number of imidazole rings is 1. The fourth-order valence-corrected chi connectivity index (χ4v) is 4.93. The Labute approximate surface area is 169 Å². The minimum atomic E-state index is 0.588. The maximum atomic E-state index is 5.38. The average molecular weight is 427 g/mol. The molecule has 2 aromatic heterocycles. The van der Waals surface area contributed by atoms with Crippen LogP contribution in [-0.2, 0) is 6.42 Å². The predicted octanol–water partition coefficient (Wildman–Crippen LogP) is 6.36. The van der Waals surface area contributed by atoms with E-state index in [-0.39, 0.29) is 0 Å². The normalized spacial score (nSPS) is 15.4. The van der Waals surface area contributed by atoms with Crippen LogP contribution < -0.4 is 4.74 Å². The van der Waals surface area contributed by atoms with E-state index in [2.05, 4.69) is 64.6 Å². The van der Waals surface area contributed by atoms with Crippen LogP contribution in [0.25, 0.3) is 5.65 Å². The molecule has 0 unspecified atom stereocenters. The van der Waals surface area contributed by atoms with Crippen molar-refractivity contribution < 1.29 is 4.74 Å². The molecule has 0 aliphatic heterocycles. The molecule has 0 bridgehead atoms. The number of benzene rings is 1. The zero-order chi connectivity index (χ0) is 19.0. The zero-order valence-corrected chi connectivity index (χ0v) is 18.0. The number of rotatable bonds is 4. The van der Waals surface area contributed by atoms with Crippen LogP contribution in [0.15, 0.2) is 34.9 Å². The summed E-state index contributed by atoms with van der Waals surface area (Å²) in [4.78, 5) is 5.15. The van der Waals surface area contributed by atoms with E-state index in [1.165, 1.54) is 60.2 Å². The second-order valence-electron chi connectivity index (χ2n) is 7.78. The van der Waals surface area contributed by atoms with Gasteiger partial charge in [-0.2, -0.15) is 0 Å². The minimum absolute atomic E-state index is 0.588. The van der Waals surface area contributed by atoms with Crippen LogP contribution in [0.2, 0.25) is 0 Å². The van der Waals surface area contributed by atoms with Gasteiger partial charge in [0.25, 0.3) is 0 Å². The Morgan fingerprint density at radius 3 is 2.59 bits per heavy atom. The highest BCUT2D eigenvalue weighted by atomic mass is 79.9. The third-order valence-electron chi connectivity index (χ3n) is 5.90. The van der Waals surface area contributed by atoms with Crippen molar-refractivity contribution >= 4 is 21.6 Å². The standard InChI is InChI=1S/C23H27BrN2O/c1-15-12-20(27-3)10-9-18(15)13-21-22(17-7-5-4-6-8-17)25-23-16(2)11-19(24)14-26(21)23/h9-12,14,17H,4-8,13H2,1-3H3. The largest absolute Gasteiger partial charge is 0.497 e. The lowest BCUT2D eigenvalue weighted by atomic mass is 9.85. The van der Waals surface area contributed by atoms with Crippen LogP contribution >= 0.6 is 15.9 Å². The van der Waals surface area contributed by atoms with Crippen molar-refractivity contribution in [1.82, 2.24) is 9.38 Å². The molecular weight excluding hydrogens is 400 g/mol. The molecule has 4 rings (SSSR count). The fraction of sp³-hybridized carbons (Fsp3) is 0.435. The molecule has 3 aromatic rings. The molecule has 3 nitrogen and oxygen atoms in total. The quantitative estimate of drug-likeness (QED) is 0.484. The highest BCUT2D eigenvalue weighted by Gasteiger charge is 2.24. The van der Waals surface area contributed by atoms with E-state index in [0.29, 0.717) is 5.92 Å². The number of fused-ring (bicyclic) bond motifs is 1. The van der Waals surface area contributed by atoms with Crippen molar-refractivity contribution in [1.29, 1.82) is 0 Å². The lowest BCUT2D eigenvalue weighted by Gasteiger charge is -2.21. The van der Waals surface area contributed by atoms with Crippen molar-refractivity contribution in [2.75, 3.05) is 7.11 Å². The van der Waals surface area contributed by atoms with Crippen LogP contribution in [-0.4, -0.2) is 16.5 Å². The molecule has 0 saturated heterocycles. The number of nitrogens with zero attached hydrogens (tertiary/aromatic N) is 2. The van der Waals surface area contributed by atoms with Crippen molar-refractivity contribution in [3.63, 3.8) is 0 Å². The number of hydrogen-bond donors (Lipinski definition) is 0. The fourth-order valence-electron chi connectivity index (χ4n) is 4.39. The van der Waals surface area contributed by atoms with Gasteiger partial charge >= 0.3 is 0 Å². The summed E-state index contributed by atoms with van der Waals surface area (Å²) in [6, 6.07) is 8.55. The molecule has 0 N–H and O–H groups in total. The van der Waals surface area contributed by atoms with Crippen molar-refractivity contribution in [2.45, 2.75) is 58.3 Å². The van der Waals surface area contributed by atoms with Crippen molar-refractivity contribution in [2.24, 2.45) is 0 Å². The maximum absolute atomic E-state index is 5.38. The van der Waals surface area contributed by atoms with Gasteiger partial charge in [-0.15, -0.1) is 0 Å². The molecule has 1 saturated carbocycles. The zero-order valence-electron chi connectivity index (χ0n) is 16.4. The van der Waals surface area contributed by atoms with E-state index in [4.69, 9.17) is 9.72 Å². The average Bonchev–Trinajstić information content (AvgIpc) is 3.03. The molecule has 0 atom stereocenters. The molecule has 1 fully saturated rings.